The normalized spacial score (nSPS) is 25.5. The Morgan fingerprint density at radius 3 is 2.79 bits per heavy atom. The van der Waals surface area contributed by atoms with Crippen molar-refractivity contribution in [1.29, 1.82) is 0 Å². The van der Waals surface area contributed by atoms with E-state index in [0.717, 1.165) is 13.0 Å². The third-order valence-electron chi connectivity index (χ3n) is 3.28. The van der Waals surface area contributed by atoms with E-state index in [1.165, 1.54) is 38.6 Å². The predicted octanol–water partition coefficient (Wildman–Crippen LogP) is 2.41. The molecule has 1 N–H and O–H groups in total. The van der Waals surface area contributed by atoms with Crippen molar-refractivity contribution in [2.24, 2.45) is 0 Å². The molecule has 2 nitrogen and oxygen atoms in total. The topological polar surface area (TPSA) is 23.5 Å². The molecule has 1 rings (SSSR count). The minimum absolute atomic E-state index is 0.0953. The van der Waals surface area contributed by atoms with Crippen molar-refractivity contribution in [1.82, 2.24) is 4.90 Å². The Kier molecular flexibility index (Phi) is 5.49. The van der Waals surface area contributed by atoms with E-state index in [4.69, 9.17) is 0 Å². The van der Waals surface area contributed by atoms with Crippen LogP contribution in [0.1, 0.15) is 52.4 Å². The summed E-state index contributed by atoms with van der Waals surface area (Å²) in [5.74, 6) is 0. The van der Waals surface area contributed by atoms with Crippen molar-refractivity contribution in [3.05, 3.63) is 0 Å². The monoisotopic (exact) mass is 199 g/mol. The Balaban J connectivity index is 2.09. The van der Waals surface area contributed by atoms with E-state index in [-0.39, 0.29) is 6.10 Å². The molecule has 0 spiro atoms. The number of nitrogens with zero attached hydrogens (tertiary/aromatic N) is 1. The summed E-state index contributed by atoms with van der Waals surface area (Å²) < 4.78 is 0. The van der Waals surface area contributed by atoms with Gasteiger partial charge < -0.3 is 5.11 Å². The molecule has 2 unspecified atom stereocenters. The Labute approximate surface area is 88.3 Å². The van der Waals surface area contributed by atoms with Crippen molar-refractivity contribution < 1.29 is 5.11 Å². The highest BCUT2D eigenvalue weighted by Gasteiger charge is 2.21. The fourth-order valence-electron chi connectivity index (χ4n) is 2.26. The van der Waals surface area contributed by atoms with Crippen LogP contribution in [-0.2, 0) is 0 Å². The van der Waals surface area contributed by atoms with Gasteiger partial charge in [0.05, 0.1) is 6.10 Å². The van der Waals surface area contributed by atoms with Crippen molar-refractivity contribution >= 4 is 0 Å². The predicted molar refractivity (Wildman–Crippen MR) is 60.4 cm³/mol. The van der Waals surface area contributed by atoms with Crippen LogP contribution in [0.4, 0.5) is 0 Å². The summed E-state index contributed by atoms with van der Waals surface area (Å²) in [4.78, 5) is 2.43. The summed E-state index contributed by atoms with van der Waals surface area (Å²) in [6, 6.07) is 0.691. The van der Waals surface area contributed by atoms with Crippen molar-refractivity contribution in [2.45, 2.75) is 64.5 Å². The van der Waals surface area contributed by atoms with Gasteiger partial charge in [-0.1, -0.05) is 26.2 Å². The van der Waals surface area contributed by atoms with Crippen LogP contribution < -0.4 is 0 Å². The number of β-amino-alcohol motifs (C(OH)–C–C–N with tert-alkyl or cyclic N) is 1. The molecule has 1 heterocycles. The summed E-state index contributed by atoms with van der Waals surface area (Å²) in [6.45, 7) is 6.55. The molecular weight excluding hydrogens is 174 g/mol. The van der Waals surface area contributed by atoms with Gasteiger partial charge in [-0.3, -0.25) is 4.90 Å². The molecule has 14 heavy (non-hydrogen) atoms. The second-order valence-electron chi connectivity index (χ2n) is 4.64. The van der Waals surface area contributed by atoms with Gasteiger partial charge >= 0.3 is 0 Å². The van der Waals surface area contributed by atoms with Gasteiger partial charge in [-0.2, -0.15) is 0 Å². The van der Waals surface area contributed by atoms with Crippen molar-refractivity contribution in [3.8, 4) is 0 Å². The minimum atomic E-state index is -0.0953. The summed E-state index contributed by atoms with van der Waals surface area (Å²) in [5.41, 5.74) is 0. The fraction of sp³-hybridized carbons (Fsp3) is 1.00. The van der Waals surface area contributed by atoms with Crippen LogP contribution >= 0.6 is 0 Å². The van der Waals surface area contributed by atoms with Gasteiger partial charge in [0.15, 0.2) is 0 Å². The smallest absolute Gasteiger partial charge is 0.0667 e. The highest BCUT2D eigenvalue weighted by molar-refractivity contribution is 4.77. The number of likely N-dealkylation sites (tertiary alicyclic amines) is 1. The Morgan fingerprint density at radius 1 is 1.43 bits per heavy atom. The van der Waals surface area contributed by atoms with Gasteiger partial charge in [0.1, 0.15) is 0 Å². The molecule has 1 aliphatic rings. The van der Waals surface area contributed by atoms with Crippen LogP contribution in [0.25, 0.3) is 0 Å². The van der Waals surface area contributed by atoms with Gasteiger partial charge in [0.2, 0.25) is 0 Å². The zero-order valence-electron chi connectivity index (χ0n) is 9.71. The molecule has 2 heteroatoms. The van der Waals surface area contributed by atoms with Crippen LogP contribution in [0, 0.1) is 0 Å². The van der Waals surface area contributed by atoms with Crippen LogP contribution in [0.15, 0.2) is 0 Å². The second kappa shape index (κ2) is 6.41. The lowest BCUT2D eigenvalue weighted by Gasteiger charge is -2.24. The summed E-state index contributed by atoms with van der Waals surface area (Å²) in [5, 5.41) is 9.81. The molecule has 0 aromatic heterocycles. The van der Waals surface area contributed by atoms with E-state index in [1.807, 2.05) is 0 Å². The Hall–Kier alpha value is -0.0800. The molecule has 0 saturated carbocycles. The van der Waals surface area contributed by atoms with E-state index in [2.05, 4.69) is 18.7 Å². The average Bonchev–Trinajstić information content (AvgIpc) is 2.52. The highest BCUT2D eigenvalue weighted by Crippen LogP contribution is 2.17. The van der Waals surface area contributed by atoms with Gasteiger partial charge in [-0.05, 0) is 32.7 Å². The molecule has 2 atom stereocenters. The maximum absolute atomic E-state index is 9.81. The standard InChI is InChI=1S/C12H25NO/c1-3-4-5-8-12(14)10-13-9-6-7-11(13)2/h11-12,14H,3-10H2,1-2H3. The number of aliphatic hydroxyl groups is 1. The number of hydrogen-bond acceptors (Lipinski definition) is 2. The lowest BCUT2D eigenvalue weighted by Crippen LogP contribution is -2.34. The van der Waals surface area contributed by atoms with Crippen LogP contribution in [-0.4, -0.2) is 35.2 Å². The lowest BCUT2D eigenvalue weighted by atomic mass is 10.1. The third kappa shape index (κ3) is 3.97. The highest BCUT2D eigenvalue weighted by atomic mass is 16.3. The largest absolute Gasteiger partial charge is 0.392 e. The van der Waals surface area contributed by atoms with Gasteiger partial charge in [-0.25, -0.2) is 0 Å². The van der Waals surface area contributed by atoms with Gasteiger partial charge in [0.25, 0.3) is 0 Å². The maximum atomic E-state index is 9.81. The van der Waals surface area contributed by atoms with E-state index in [0.29, 0.717) is 6.04 Å². The first kappa shape index (κ1) is 12.0. The first-order valence-electron chi connectivity index (χ1n) is 6.16. The zero-order chi connectivity index (χ0) is 10.4. The Morgan fingerprint density at radius 2 is 2.21 bits per heavy atom. The number of unbranched alkanes of at least 4 members (excludes halogenated alkanes) is 2. The molecule has 0 radical (unpaired) electrons. The number of aliphatic hydroxyl groups excluding tert-OH is 1. The van der Waals surface area contributed by atoms with E-state index < -0.39 is 0 Å². The first-order valence-corrected chi connectivity index (χ1v) is 6.16. The second-order valence-corrected chi connectivity index (χ2v) is 4.64. The summed E-state index contributed by atoms with van der Waals surface area (Å²) in [7, 11) is 0. The van der Waals surface area contributed by atoms with Gasteiger partial charge in [0, 0.05) is 12.6 Å². The molecule has 0 amide bonds. The maximum Gasteiger partial charge on any atom is 0.0667 e. The molecule has 0 bridgehead atoms. The lowest BCUT2D eigenvalue weighted by molar-refractivity contribution is 0.100. The van der Waals surface area contributed by atoms with Crippen LogP contribution in [0.3, 0.4) is 0 Å². The molecule has 1 aliphatic heterocycles. The van der Waals surface area contributed by atoms with Gasteiger partial charge in [-0.15, -0.1) is 0 Å². The molecule has 0 aromatic carbocycles. The fourth-order valence-corrected chi connectivity index (χ4v) is 2.26. The van der Waals surface area contributed by atoms with E-state index >= 15 is 0 Å². The third-order valence-corrected chi connectivity index (χ3v) is 3.28. The molecule has 1 saturated heterocycles. The summed E-state index contributed by atoms with van der Waals surface area (Å²) in [6.07, 6.45) is 7.18. The quantitative estimate of drug-likeness (QED) is 0.664. The van der Waals surface area contributed by atoms with Crippen molar-refractivity contribution in [3.63, 3.8) is 0 Å². The minimum Gasteiger partial charge on any atom is -0.392 e. The van der Waals surface area contributed by atoms with Crippen LogP contribution in [0.5, 0.6) is 0 Å². The molecule has 0 aliphatic carbocycles. The Bertz CT molecular complexity index is 149. The molecule has 0 aromatic rings. The number of hydrogen-bond donors (Lipinski definition) is 1. The average molecular weight is 199 g/mol. The van der Waals surface area contributed by atoms with Crippen LogP contribution in [0.2, 0.25) is 0 Å². The van der Waals surface area contributed by atoms with E-state index in [1.54, 1.807) is 0 Å². The number of rotatable bonds is 6. The SMILES string of the molecule is CCCCCC(O)CN1CCCC1C. The van der Waals surface area contributed by atoms with E-state index in [9.17, 15) is 5.11 Å². The first-order chi connectivity index (χ1) is 6.74. The summed E-state index contributed by atoms with van der Waals surface area (Å²) >= 11 is 0. The molecule has 1 fully saturated rings. The zero-order valence-corrected chi connectivity index (χ0v) is 9.71. The van der Waals surface area contributed by atoms with Crippen molar-refractivity contribution in [2.75, 3.05) is 13.1 Å². The molecular formula is C12H25NO. The molecule has 84 valence electrons.